The van der Waals surface area contributed by atoms with Gasteiger partial charge in [-0.15, -0.1) is 0 Å². The van der Waals surface area contributed by atoms with Crippen molar-refractivity contribution in [3.8, 4) is 5.75 Å². The number of hydrogen-bond donors (Lipinski definition) is 0. The molecule has 0 radical (unpaired) electrons. The van der Waals surface area contributed by atoms with Gasteiger partial charge in [0.25, 0.3) is 0 Å². The van der Waals surface area contributed by atoms with Crippen LogP contribution >= 0.6 is 15.9 Å². The quantitative estimate of drug-likeness (QED) is 0.610. The molecule has 0 aromatic heterocycles. The van der Waals surface area contributed by atoms with Crippen LogP contribution in [0, 0.1) is 0 Å². The number of Topliss-reactive ketones (excluding diaryl/α,β-unsaturated/α-hetero) is 1. The molecule has 1 rings (SSSR count). The van der Waals surface area contributed by atoms with E-state index in [-0.39, 0.29) is 10.6 Å². The lowest BCUT2D eigenvalue weighted by Gasteiger charge is -2.11. The number of alkyl halides is 1. The van der Waals surface area contributed by atoms with Gasteiger partial charge in [-0.1, -0.05) is 28.9 Å². The summed E-state index contributed by atoms with van der Waals surface area (Å²) in [6.07, 6.45) is 0.854. The van der Waals surface area contributed by atoms with E-state index in [9.17, 15) is 4.79 Å². The van der Waals surface area contributed by atoms with Gasteiger partial charge in [0.05, 0.1) is 11.4 Å². The van der Waals surface area contributed by atoms with Crippen molar-refractivity contribution in [2.45, 2.75) is 32.0 Å². The highest BCUT2D eigenvalue weighted by atomic mass is 79.9. The Hall–Kier alpha value is -0.830. The fraction of sp³-hybridized carbons (Fsp3) is 0.462. The van der Waals surface area contributed by atoms with E-state index in [0.717, 1.165) is 23.3 Å². The van der Waals surface area contributed by atoms with E-state index < -0.39 is 0 Å². The molecule has 1 unspecified atom stereocenters. The molecular weight excluding hydrogens is 268 g/mol. The van der Waals surface area contributed by atoms with Crippen molar-refractivity contribution in [3.05, 3.63) is 29.3 Å². The number of carbonyl (C=O) groups is 1. The zero-order valence-electron chi connectivity index (χ0n) is 9.92. The highest BCUT2D eigenvalue weighted by Crippen LogP contribution is 2.21. The monoisotopic (exact) mass is 284 g/mol. The first-order chi connectivity index (χ1) is 7.60. The van der Waals surface area contributed by atoms with Gasteiger partial charge < -0.3 is 4.74 Å². The average molecular weight is 285 g/mol. The number of benzene rings is 1. The predicted octanol–water partition coefficient (Wildman–Crippen LogP) is 3.61. The number of ketones is 1. The molecule has 16 heavy (non-hydrogen) atoms. The Morgan fingerprint density at radius 2 is 2.12 bits per heavy atom. The average Bonchev–Trinajstić information content (AvgIpc) is 2.28. The van der Waals surface area contributed by atoms with Gasteiger partial charge in [-0.3, -0.25) is 4.79 Å². The van der Waals surface area contributed by atoms with Crippen LogP contribution in [0.5, 0.6) is 5.75 Å². The minimum absolute atomic E-state index is 0.110. The first kappa shape index (κ1) is 13.2. The Kier molecular flexibility index (Phi) is 5.00. The molecule has 0 saturated heterocycles. The summed E-state index contributed by atoms with van der Waals surface area (Å²) in [5, 5.41) is 0. The molecule has 0 N–H and O–H groups in total. The zero-order valence-corrected chi connectivity index (χ0v) is 11.5. The van der Waals surface area contributed by atoms with Gasteiger partial charge in [-0.25, -0.2) is 0 Å². The highest BCUT2D eigenvalue weighted by Gasteiger charge is 2.16. The van der Waals surface area contributed by atoms with Crippen molar-refractivity contribution in [1.29, 1.82) is 0 Å². The van der Waals surface area contributed by atoms with E-state index in [1.54, 1.807) is 0 Å². The van der Waals surface area contributed by atoms with Gasteiger partial charge in [0.1, 0.15) is 5.75 Å². The number of rotatable bonds is 5. The first-order valence-electron chi connectivity index (χ1n) is 5.54. The Labute approximate surface area is 105 Å². The maximum absolute atomic E-state index is 12.0. The van der Waals surface area contributed by atoms with Gasteiger partial charge >= 0.3 is 0 Å². The molecule has 0 saturated carbocycles. The van der Waals surface area contributed by atoms with Crippen LogP contribution in [0.3, 0.4) is 0 Å². The fourth-order valence-corrected chi connectivity index (χ4v) is 1.81. The van der Waals surface area contributed by atoms with Crippen LogP contribution in [0.4, 0.5) is 0 Å². The van der Waals surface area contributed by atoms with E-state index in [1.165, 1.54) is 0 Å². The van der Waals surface area contributed by atoms with E-state index in [0.29, 0.717) is 6.61 Å². The second kappa shape index (κ2) is 6.04. The van der Waals surface area contributed by atoms with E-state index >= 15 is 0 Å². The number of ether oxygens (including phenoxy) is 1. The first-order valence-corrected chi connectivity index (χ1v) is 6.45. The smallest absolute Gasteiger partial charge is 0.176 e. The molecule has 0 amide bonds. The molecule has 0 aliphatic heterocycles. The Morgan fingerprint density at radius 3 is 2.62 bits per heavy atom. The van der Waals surface area contributed by atoms with Gasteiger partial charge in [0.15, 0.2) is 5.78 Å². The maximum Gasteiger partial charge on any atom is 0.176 e. The van der Waals surface area contributed by atoms with E-state index in [1.807, 2.05) is 39.0 Å². The topological polar surface area (TPSA) is 26.3 Å². The number of carbonyl (C=O) groups excluding carboxylic acids is 1. The summed E-state index contributed by atoms with van der Waals surface area (Å²) in [5.74, 6) is 0.870. The third-order valence-corrected chi connectivity index (χ3v) is 2.82. The molecule has 0 aliphatic rings. The second-order valence-electron chi connectivity index (χ2n) is 3.59. The van der Waals surface area contributed by atoms with Crippen molar-refractivity contribution in [1.82, 2.24) is 0 Å². The molecule has 1 aromatic carbocycles. The molecule has 1 aromatic rings. The Morgan fingerprint density at radius 1 is 1.44 bits per heavy atom. The second-order valence-corrected chi connectivity index (χ2v) is 4.96. The third-order valence-electron chi connectivity index (χ3n) is 2.40. The third kappa shape index (κ3) is 3.08. The minimum atomic E-state index is -0.158. The largest absolute Gasteiger partial charge is 0.494 e. The summed E-state index contributed by atoms with van der Waals surface area (Å²) in [4.78, 5) is 11.8. The number of halogens is 1. The lowest BCUT2D eigenvalue weighted by atomic mass is 10.00. The molecule has 0 aliphatic carbocycles. The summed E-state index contributed by atoms with van der Waals surface area (Å²) >= 11 is 3.31. The van der Waals surface area contributed by atoms with Gasteiger partial charge in [0.2, 0.25) is 0 Å². The molecule has 1 atom stereocenters. The molecule has 0 fully saturated rings. The lowest BCUT2D eigenvalue weighted by molar-refractivity contribution is 0.0994. The van der Waals surface area contributed by atoms with Gasteiger partial charge in [-0.05, 0) is 38.0 Å². The van der Waals surface area contributed by atoms with Crippen molar-refractivity contribution in [2.75, 3.05) is 6.61 Å². The Balaban J connectivity index is 3.11. The van der Waals surface area contributed by atoms with Crippen LogP contribution < -0.4 is 4.74 Å². The lowest BCUT2D eigenvalue weighted by Crippen LogP contribution is -2.12. The maximum atomic E-state index is 12.0. The Bertz CT molecular complexity index is 372. The summed E-state index contributed by atoms with van der Waals surface area (Å²) in [5.41, 5.74) is 1.83. The van der Waals surface area contributed by atoms with Crippen LogP contribution in [0.1, 0.15) is 36.7 Å². The van der Waals surface area contributed by atoms with Crippen LogP contribution in [0.2, 0.25) is 0 Å². The molecule has 2 nitrogen and oxygen atoms in total. The van der Waals surface area contributed by atoms with E-state index in [4.69, 9.17) is 4.74 Å². The molecule has 0 bridgehead atoms. The number of hydrogen-bond acceptors (Lipinski definition) is 2. The molecule has 3 heteroatoms. The van der Waals surface area contributed by atoms with E-state index in [2.05, 4.69) is 15.9 Å². The van der Waals surface area contributed by atoms with Gasteiger partial charge in [0, 0.05) is 5.56 Å². The molecule has 0 spiro atoms. The summed E-state index contributed by atoms with van der Waals surface area (Å²) in [7, 11) is 0. The molecule has 88 valence electrons. The van der Waals surface area contributed by atoms with Crippen LogP contribution in [-0.4, -0.2) is 17.2 Å². The summed E-state index contributed by atoms with van der Waals surface area (Å²) in [6.45, 7) is 6.44. The van der Waals surface area contributed by atoms with Crippen molar-refractivity contribution in [2.24, 2.45) is 0 Å². The van der Waals surface area contributed by atoms with Crippen LogP contribution in [-0.2, 0) is 6.42 Å². The van der Waals surface area contributed by atoms with Crippen molar-refractivity contribution >= 4 is 21.7 Å². The number of aryl methyl sites for hydroxylation is 1. The van der Waals surface area contributed by atoms with Gasteiger partial charge in [-0.2, -0.15) is 0 Å². The zero-order chi connectivity index (χ0) is 12.1. The standard InChI is InChI=1S/C13H17BrO2/c1-4-10-6-7-11(16-5-2)8-12(10)13(15)9(3)14/h6-9H,4-5H2,1-3H3. The highest BCUT2D eigenvalue weighted by molar-refractivity contribution is 9.10. The SMILES string of the molecule is CCOc1ccc(CC)c(C(=O)C(C)Br)c1. The van der Waals surface area contributed by atoms with Crippen molar-refractivity contribution < 1.29 is 9.53 Å². The predicted molar refractivity (Wildman–Crippen MR) is 69.7 cm³/mol. The summed E-state index contributed by atoms with van der Waals surface area (Å²) in [6, 6.07) is 5.72. The van der Waals surface area contributed by atoms with Crippen molar-refractivity contribution in [3.63, 3.8) is 0 Å². The normalized spacial score (nSPS) is 12.2. The summed E-state index contributed by atoms with van der Waals surface area (Å²) < 4.78 is 5.41. The minimum Gasteiger partial charge on any atom is -0.494 e. The molecular formula is C13H17BrO2. The fourth-order valence-electron chi connectivity index (χ4n) is 1.56. The van der Waals surface area contributed by atoms with Crippen LogP contribution in [0.15, 0.2) is 18.2 Å². The molecule has 0 heterocycles. The van der Waals surface area contributed by atoms with Crippen LogP contribution in [0.25, 0.3) is 0 Å².